The van der Waals surface area contributed by atoms with Gasteiger partial charge in [0.05, 0.1) is 22.3 Å². The van der Waals surface area contributed by atoms with E-state index >= 15 is 0 Å². The second kappa shape index (κ2) is 3.80. The summed E-state index contributed by atoms with van der Waals surface area (Å²) in [6.45, 7) is 0. The second-order valence-electron chi connectivity index (χ2n) is 2.25. The molecule has 0 aliphatic rings. The van der Waals surface area contributed by atoms with Gasteiger partial charge in [0.15, 0.2) is 0 Å². The first-order valence-electron chi connectivity index (χ1n) is 6.30. The van der Waals surface area contributed by atoms with Crippen LogP contribution in [-0.4, -0.2) is 20.0 Å². The van der Waals surface area contributed by atoms with Crippen molar-refractivity contribution in [3.63, 3.8) is 0 Å². The van der Waals surface area contributed by atoms with E-state index in [9.17, 15) is 4.79 Å². The maximum Gasteiger partial charge on any atom is 0.341 e. The molecule has 4 nitrogen and oxygen atoms in total. The maximum absolute atomic E-state index is 11.6. The number of hydrogen-bond donors (Lipinski definition) is 1. The normalized spacial score (nSPS) is 18.2. The van der Waals surface area contributed by atoms with Crippen LogP contribution in [0, 0.1) is 0 Å². The van der Waals surface area contributed by atoms with E-state index in [-0.39, 0.29) is 17.0 Å². The molecule has 0 atom stereocenters. The molecule has 1 aromatic carbocycles. The van der Waals surface area contributed by atoms with Crippen molar-refractivity contribution >= 4 is 11.7 Å². The van der Waals surface area contributed by atoms with Crippen LogP contribution < -0.4 is 10.5 Å². The second-order valence-corrected chi connectivity index (χ2v) is 2.25. The lowest BCUT2D eigenvalue weighted by Gasteiger charge is -2.06. The van der Waals surface area contributed by atoms with Crippen molar-refractivity contribution in [1.29, 1.82) is 0 Å². The Morgan fingerprint density at radius 2 is 2.38 bits per heavy atom. The number of carbonyl (C=O) groups excluding carboxylic acids is 1. The molecule has 2 N–H and O–H groups in total. The van der Waals surface area contributed by atoms with Gasteiger partial charge in [-0.15, -0.1) is 0 Å². The Morgan fingerprint density at radius 3 is 3.08 bits per heavy atom. The van der Waals surface area contributed by atoms with Crippen molar-refractivity contribution in [2.45, 2.75) is 0 Å². The van der Waals surface area contributed by atoms with Gasteiger partial charge in [-0.25, -0.2) is 4.79 Å². The monoisotopic (exact) mass is 187 g/mol. The third-order valence-electron chi connectivity index (χ3n) is 1.43. The molecule has 0 unspecified atom stereocenters. The summed E-state index contributed by atoms with van der Waals surface area (Å²) in [4.78, 5) is 11.6. The highest BCUT2D eigenvalue weighted by Crippen LogP contribution is 2.21. The lowest BCUT2D eigenvalue weighted by Crippen LogP contribution is -2.04. The summed E-state index contributed by atoms with van der Waals surface area (Å²) in [5.74, 6) is -1.59. The molecule has 1 aromatic rings. The van der Waals surface area contributed by atoms with E-state index in [2.05, 4.69) is 9.47 Å². The first kappa shape index (κ1) is 4.00. The van der Waals surface area contributed by atoms with Crippen LogP contribution in [0.1, 0.15) is 18.6 Å². The average molecular weight is 187 g/mol. The smallest absolute Gasteiger partial charge is 0.341 e. The van der Waals surface area contributed by atoms with E-state index in [0.717, 1.165) is 12.1 Å². The summed E-state index contributed by atoms with van der Waals surface area (Å²) in [5.41, 5.74) is 5.27. The molecule has 0 fully saturated rings. The molecule has 1 rings (SSSR count). The number of anilines is 1. The largest absolute Gasteiger partial charge is 0.496 e. The van der Waals surface area contributed by atoms with E-state index < -0.39 is 20.0 Å². The quantitative estimate of drug-likeness (QED) is 0.555. The summed E-state index contributed by atoms with van der Waals surface area (Å²) in [7, 11) is -5.74. The van der Waals surface area contributed by atoms with Crippen molar-refractivity contribution in [2.24, 2.45) is 0 Å². The average Bonchev–Trinajstić information content (AvgIpc) is 2.11. The lowest BCUT2D eigenvalue weighted by atomic mass is 10.2. The van der Waals surface area contributed by atoms with E-state index in [0.29, 0.717) is 0 Å². The van der Waals surface area contributed by atoms with Gasteiger partial charge in [0, 0.05) is 11.8 Å². The van der Waals surface area contributed by atoms with Crippen LogP contribution in [-0.2, 0) is 4.74 Å². The molecular formula is C9H11NO3. The predicted octanol–water partition coefficient (Wildman–Crippen LogP) is 1.06. The molecule has 4 heteroatoms. The fraction of sp³-hybridized carbons (Fsp3) is 0.222. The maximum atomic E-state index is 11.6. The molecule has 0 aromatic heterocycles. The minimum Gasteiger partial charge on any atom is -0.496 e. The van der Waals surface area contributed by atoms with Crippen molar-refractivity contribution < 1.29 is 22.5 Å². The standard InChI is InChI=1S/C9H11NO3/c1-12-8-5-6(10)3-4-7(8)9(11)13-2/h3-5H,10H2,1-2H3/i1D3,2D3. The van der Waals surface area contributed by atoms with Gasteiger partial charge in [-0.1, -0.05) is 0 Å². The third-order valence-corrected chi connectivity index (χ3v) is 1.43. The predicted molar refractivity (Wildman–Crippen MR) is 48.7 cm³/mol. The summed E-state index contributed by atoms with van der Waals surface area (Å²) in [6, 6.07) is 3.52. The van der Waals surface area contributed by atoms with Gasteiger partial charge in [0.1, 0.15) is 11.3 Å². The van der Waals surface area contributed by atoms with Gasteiger partial charge in [0.2, 0.25) is 0 Å². The van der Waals surface area contributed by atoms with Crippen LogP contribution in [0.2, 0.25) is 0 Å². The zero-order valence-corrected chi connectivity index (χ0v) is 6.53. The van der Waals surface area contributed by atoms with Gasteiger partial charge in [-0.3, -0.25) is 0 Å². The number of nitrogen functional groups attached to an aromatic ring is 1. The summed E-state index contributed by atoms with van der Waals surface area (Å²) < 4.78 is 50.1. The first-order chi connectivity index (χ1) is 8.48. The molecular weight excluding hydrogens is 170 g/mol. The first-order valence-corrected chi connectivity index (χ1v) is 3.30. The highest BCUT2D eigenvalue weighted by atomic mass is 16.5. The molecule has 0 spiro atoms. The van der Waals surface area contributed by atoms with Crippen molar-refractivity contribution in [3.8, 4) is 5.75 Å². The van der Waals surface area contributed by atoms with E-state index in [1.54, 1.807) is 0 Å². The number of methoxy groups -OCH3 is 2. The summed E-state index contributed by atoms with van der Waals surface area (Å²) >= 11 is 0. The van der Waals surface area contributed by atoms with Crippen LogP contribution in [0.4, 0.5) is 5.69 Å². The van der Waals surface area contributed by atoms with Crippen LogP contribution in [0.3, 0.4) is 0 Å². The van der Waals surface area contributed by atoms with Crippen LogP contribution in [0.25, 0.3) is 0 Å². The molecule has 0 bridgehead atoms. The molecule has 0 aliphatic heterocycles. The number of hydrogen-bond acceptors (Lipinski definition) is 4. The molecule has 0 amide bonds. The molecule has 0 aliphatic carbocycles. The topological polar surface area (TPSA) is 61.5 Å². The summed E-state index contributed by atoms with van der Waals surface area (Å²) in [5, 5.41) is 0. The van der Waals surface area contributed by atoms with Crippen LogP contribution in [0.5, 0.6) is 5.75 Å². The third kappa shape index (κ3) is 1.90. The Hall–Kier alpha value is -1.71. The van der Waals surface area contributed by atoms with Crippen LogP contribution >= 0.6 is 0 Å². The Kier molecular flexibility index (Phi) is 1.17. The minimum atomic E-state index is -2.93. The molecule has 0 saturated carbocycles. The fourth-order valence-electron chi connectivity index (χ4n) is 0.847. The number of benzene rings is 1. The number of carbonyl (C=O) groups is 1. The van der Waals surface area contributed by atoms with Gasteiger partial charge in [-0.05, 0) is 12.1 Å². The van der Waals surface area contributed by atoms with Crippen molar-refractivity contribution in [1.82, 2.24) is 0 Å². The molecule has 0 radical (unpaired) electrons. The van der Waals surface area contributed by atoms with E-state index in [1.165, 1.54) is 6.07 Å². The van der Waals surface area contributed by atoms with Gasteiger partial charge >= 0.3 is 5.97 Å². The van der Waals surface area contributed by atoms with Gasteiger partial charge < -0.3 is 15.2 Å². The molecule has 13 heavy (non-hydrogen) atoms. The van der Waals surface area contributed by atoms with Crippen molar-refractivity contribution in [3.05, 3.63) is 23.8 Å². The molecule has 70 valence electrons. The van der Waals surface area contributed by atoms with Crippen molar-refractivity contribution in [2.75, 3.05) is 19.8 Å². The van der Waals surface area contributed by atoms with Gasteiger partial charge in [-0.2, -0.15) is 0 Å². The fourth-order valence-corrected chi connectivity index (χ4v) is 0.847. The highest BCUT2D eigenvalue weighted by molar-refractivity contribution is 5.93. The van der Waals surface area contributed by atoms with Crippen LogP contribution in [0.15, 0.2) is 18.2 Å². The minimum absolute atomic E-state index is 0.157. The number of rotatable bonds is 2. The number of ether oxygens (including phenoxy) is 2. The molecule has 0 heterocycles. The van der Waals surface area contributed by atoms with E-state index in [1.807, 2.05) is 0 Å². The Balaban J connectivity index is 3.10. The Bertz CT molecular complexity index is 482. The Morgan fingerprint density at radius 1 is 1.54 bits per heavy atom. The van der Waals surface area contributed by atoms with Gasteiger partial charge in [0.25, 0.3) is 0 Å². The Labute approximate surface area is 84.7 Å². The van der Waals surface area contributed by atoms with E-state index in [4.69, 9.17) is 14.0 Å². The summed E-state index contributed by atoms with van der Waals surface area (Å²) in [6.07, 6.45) is 0. The SMILES string of the molecule is [2H]C([2H])([2H])OC(=O)c1ccc(N)cc1OC([2H])([2H])[2H]. The number of nitrogens with two attached hydrogens (primary N) is 1. The zero-order valence-electron chi connectivity index (χ0n) is 12.5. The highest BCUT2D eigenvalue weighted by Gasteiger charge is 2.11. The number of esters is 1. The molecule has 0 saturated heterocycles. The lowest BCUT2D eigenvalue weighted by molar-refractivity contribution is 0.0597. The zero-order chi connectivity index (χ0) is 14.8.